The van der Waals surface area contributed by atoms with Crippen LogP contribution in [0.25, 0.3) is 11.3 Å². The number of carbonyl (C=O) groups is 2. The number of alkyl halides is 3. The minimum Gasteiger partial charge on any atom is -0.350 e. The van der Waals surface area contributed by atoms with Crippen molar-refractivity contribution in [3.63, 3.8) is 0 Å². The molecule has 160 valence electrons. The average molecular weight is 428 g/mol. The maximum atomic E-state index is 13.0. The summed E-state index contributed by atoms with van der Waals surface area (Å²) in [5, 5.41) is 3.94. The number of carbonyl (C=O) groups excluding carboxylic acids is 2. The van der Waals surface area contributed by atoms with Crippen LogP contribution in [0.2, 0.25) is 0 Å². The number of hydrogen-bond acceptors (Lipinski definition) is 4. The number of likely N-dealkylation sites (tertiary alicyclic amines) is 1. The Hall–Kier alpha value is -3.42. The molecule has 0 saturated carbocycles. The number of piperidine rings is 1. The predicted octanol–water partition coefficient (Wildman–Crippen LogP) is 5.10. The first-order valence-corrected chi connectivity index (χ1v) is 9.86. The van der Waals surface area contributed by atoms with Crippen molar-refractivity contribution in [1.82, 2.24) is 10.1 Å². The zero-order valence-corrected chi connectivity index (χ0v) is 16.4. The third-order valence-electron chi connectivity index (χ3n) is 5.34. The highest BCUT2D eigenvalue weighted by molar-refractivity contribution is 5.99. The number of aromatic nitrogens is 1. The third kappa shape index (κ3) is 4.52. The summed E-state index contributed by atoms with van der Waals surface area (Å²) in [5.74, 6) is -1.30. The second kappa shape index (κ2) is 8.37. The number of ketones is 1. The van der Waals surface area contributed by atoms with Gasteiger partial charge in [-0.3, -0.25) is 9.59 Å². The topological polar surface area (TPSA) is 63.4 Å². The fourth-order valence-corrected chi connectivity index (χ4v) is 3.74. The maximum Gasteiger partial charge on any atom is 0.416 e. The van der Waals surface area contributed by atoms with Crippen LogP contribution >= 0.6 is 0 Å². The van der Waals surface area contributed by atoms with E-state index >= 15 is 0 Å². The second-order valence-electron chi connectivity index (χ2n) is 7.48. The Bertz CT molecular complexity index is 1090. The quantitative estimate of drug-likeness (QED) is 0.543. The van der Waals surface area contributed by atoms with E-state index < -0.39 is 29.3 Å². The highest BCUT2D eigenvalue weighted by atomic mass is 19.4. The lowest BCUT2D eigenvalue weighted by Crippen LogP contribution is -2.42. The molecule has 0 aliphatic carbocycles. The van der Waals surface area contributed by atoms with Gasteiger partial charge in [-0.05, 0) is 25.0 Å². The molecule has 0 radical (unpaired) electrons. The van der Waals surface area contributed by atoms with E-state index in [9.17, 15) is 22.8 Å². The Morgan fingerprint density at radius 1 is 1.03 bits per heavy atom. The van der Waals surface area contributed by atoms with Crippen LogP contribution in [-0.4, -0.2) is 34.8 Å². The van der Waals surface area contributed by atoms with Crippen LogP contribution in [0.3, 0.4) is 0 Å². The molecule has 0 N–H and O–H groups in total. The maximum absolute atomic E-state index is 13.0. The van der Waals surface area contributed by atoms with Crippen molar-refractivity contribution >= 4 is 11.7 Å². The molecule has 1 aliphatic rings. The first kappa shape index (κ1) is 20.8. The molecule has 1 amide bonds. The minimum atomic E-state index is -4.52. The van der Waals surface area contributed by atoms with Gasteiger partial charge in [0.1, 0.15) is 5.69 Å². The lowest BCUT2D eigenvalue weighted by molar-refractivity contribution is -0.137. The molecule has 3 aromatic rings. The summed E-state index contributed by atoms with van der Waals surface area (Å²) in [6, 6.07) is 15.2. The summed E-state index contributed by atoms with van der Waals surface area (Å²) in [6.07, 6.45) is -3.45. The van der Waals surface area contributed by atoms with E-state index in [2.05, 4.69) is 5.16 Å². The van der Waals surface area contributed by atoms with Gasteiger partial charge in [0.2, 0.25) is 5.76 Å². The van der Waals surface area contributed by atoms with Gasteiger partial charge in [-0.25, -0.2) is 0 Å². The Labute approximate surface area is 176 Å². The Morgan fingerprint density at radius 3 is 2.55 bits per heavy atom. The molecule has 31 heavy (non-hydrogen) atoms. The molecule has 0 bridgehead atoms. The number of benzene rings is 2. The van der Waals surface area contributed by atoms with E-state index in [1.54, 1.807) is 6.07 Å². The normalized spacial score (nSPS) is 16.9. The van der Waals surface area contributed by atoms with Gasteiger partial charge in [0.25, 0.3) is 5.91 Å². The summed E-state index contributed by atoms with van der Waals surface area (Å²) in [4.78, 5) is 27.2. The van der Waals surface area contributed by atoms with Crippen molar-refractivity contribution < 1.29 is 27.3 Å². The molecule has 4 rings (SSSR count). The van der Waals surface area contributed by atoms with Gasteiger partial charge in [-0.2, -0.15) is 13.2 Å². The third-order valence-corrected chi connectivity index (χ3v) is 5.34. The lowest BCUT2D eigenvalue weighted by Gasteiger charge is -2.31. The largest absolute Gasteiger partial charge is 0.416 e. The molecule has 2 aromatic carbocycles. The molecule has 5 nitrogen and oxygen atoms in total. The molecule has 1 aromatic heterocycles. The second-order valence-corrected chi connectivity index (χ2v) is 7.48. The molecule has 1 fully saturated rings. The van der Waals surface area contributed by atoms with Gasteiger partial charge < -0.3 is 9.42 Å². The van der Waals surface area contributed by atoms with Crippen molar-refractivity contribution in [2.75, 3.05) is 13.1 Å². The molecule has 8 heteroatoms. The Kier molecular flexibility index (Phi) is 5.63. The summed E-state index contributed by atoms with van der Waals surface area (Å²) in [6.45, 7) is 0.557. The van der Waals surface area contributed by atoms with E-state index in [1.807, 2.05) is 30.3 Å². The summed E-state index contributed by atoms with van der Waals surface area (Å²) in [7, 11) is 0. The summed E-state index contributed by atoms with van der Waals surface area (Å²) in [5.41, 5.74) is 0.469. The first-order valence-electron chi connectivity index (χ1n) is 9.86. The highest BCUT2D eigenvalue weighted by Gasteiger charge is 2.34. The molecular formula is C23H19F3N2O3. The van der Waals surface area contributed by atoms with Crippen molar-refractivity contribution in [3.8, 4) is 11.3 Å². The van der Waals surface area contributed by atoms with Gasteiger partial charge in [0.05, 0.1) is 5.56 Å². The molecule has 1 saturated heterocycles. The number of Topliss-reactive ketones (excluding diaryl/α,β-unsaturated/α-hetero) is 1. The number of halogens is 3. The van der Waals surface area contributed by atoms with Gasteiger partial charge in [0, 0.05) is 36.2 Å². The van der Waals surface area contributed by atoms with E-state index in [0.717, 1.165) is 17.7 Å². The van der Waals surface area contributed by atoms with Crippen molar-refractivity contribution in [2.45, 2.75) is 19.0 Å². The first-order chi connectivity index (χ1) is 14.8. The van der Waals surface area contributed by atoms with E-state index in [4.69, 9.17) is 4.52 Å². The van der Waals surface area contributed by atoms with Crippen molar-refractivity contribution in [1.29, 1.82) is 0 Å². The van der Waals surface area contributed by atoms with Crippen molar-refractivity contribution in [2.24, 2.45) is 5.92 Å². The number of nitrogens with zero attached hydrogens (tertiary/aromatic N) is 2. The van der Waals surface area contributed by atoms with Gasteiger partial charge in [-0.15, -0.1) is 0 Å². The van der Waals surface area contributed by atoms with Crippen LogP contribution in [0.4, 0.5) is 13.2 Å². The molecule has 0 spiro atoms. The van der Waals surface area contributed by atoms with Crippen molar-refractivity contribution in [3.05, 3.63) is 77.6 Å². The zero-order valence-electron chi connectivity index (χ0n) is 16.4. The fraction of sp³-hybridized carbons (Fsp3) is 0.261. The lowest BCUT2D eigenvalue weighted by atomic mass is 9.89. The van der Waals surface area contributed by atoms with Crippen LogP contribution in [0.15, 0.2) is 65.2 Å². The summed E-state index contributed by atoms with van der Waals surface area (Å²) >= 11 is 0. The van der Waals surface area contributed by atoms with E-state index in [0.29, 0.717) is 25.1 Å². The molecule has 0 unspecified atom stereocenters. The Balaban J connectivity index is 1.48. The van der Waals surface area contributed by atoms with Gasteiger partial charge in [0.15, 0.2) is 5.78 Å². The van der Waals surface area contributed by atoms with Crippen LogP contribution in [-0.2, 0) is 6.18 Å². The van der Waals surface area contributed by atoms with Gasteiger partial charge >= 0.3 is 6.18 Å². The molecule has 2 heterocycles. The number of amides is 1. The molecule has 1 atom stereocenters. The van der Waals surface area contributed by atoms with Crippen LogP contribution in [0.1, 0.15) is 39.3 Å². The SMILES string of the molecule is O=C(c1cccc(C(F)(F)F)c1)[C@@H]1CCCN(C(=O)c2cc(-c3ccccc3)no2)C1. The summed E-state index contributed by atoms with van der Waals surface area (Å²) < 4.78 is 44.1. The monoisotopic (exact) mass is 428 g/mol. The van der Waals surface area contributed by atoms with Gasteiger partial charge in [-0.1, -0.05) is 47.6 Å². The molecule has 1 aliphatic heterocycles. The van der Waals surface area contributed by atoms with Crippen LogP contribution in [0, 0.1) is 5.92 Å². The minimum absolute atomic E-state index is 0.000142. The average Bonchev–Trinajstić information content (AvgIpc) is 3.29. The van der Waals surface area contributed by atoms with Crippen LogP contribution in [0.5, 0.6) is 0 Å². The Morgan fingerprint density at radius 2 is 1.81 bits per heavy atom. The smallest absolute Gasteiger partial charge is 0.350 e. The predicted molar refractivity (Wildman–Crippen MR) is 106 cm³/mol. The van der Waals surface area contributed by atoms with Crippen LogP contribution < -0.4 is 0 Å². The fourth-order valence-electron chi connectivity index (χ4n) is 3.74. The highest BCUT2D eigenvalue weighted by Crippen LogP contribution is 2.31. The van der Waals surface area contributed by atoms with E-state index in [1.165, 1.54) is 17.0 Å². The number of hydrogen-bond donors (Lipinski definition) is 0. The number of rotatable bonds is 4. The standard InChI is InChI=1S/C23H19F3N2O3/c24-23(25,26)18-10-4-8-16(12-18)21(29)17-9-5-11-28(14-17)22(30)20-13-19(27-31-20)15-6-2-1-3-7-15/h1-4,6-8,10,12-13,17H,5,9,11,14H2/t17-/m1/s1. The zero-order chi connectivity index (χ0) is 22.0. The molecular weight excluding hydrogens is 409 g/mol. The van der Waals surface area contributed by atoms with E-state index in [-0.39, 0.29) is 17.9 Å².